The third kappa shape index (κ3) is 10.1. The zero-order chi connectivity index (χ0) is 37.5. The fourth-order valence-corrected chi connectivity index (χ4v) is 11.1. The van der Waals surface area contributed by atoms with Gasteiger partial charge in [-0.05, 0) is 129 Å². The number of rotatable bonds is 18. The number of ketones is 1. The highest BCUT2D eigenvalue weighted by atomic mass is 32.2. The van der Waals surface area contributed by atoms with E-state index in [0.717, 1.165) is 139 Å². The van der Waals surface area contributed by atoms with Gasteiger partial charge in [-0.25, -0.2) is 0 Å². The Morgan fingerprint density at radius 3 is 2.19 bits per heavy atom. The number of benzene rings is 1. The van der Waals surface area contributed by atoms with Gasteiger partial charge in [0.25, 0.3) is 0 Å². The maximum atomic E-state index is 14.6. The standard InChI is InChI=1S/C42H61F5O5S/c1-40-23-21-31-30-18-17-29(51-36-15-8-10-24-49-36)28-33(30)39(48)32(38(31)34(40)19-20-35(40)52-37-16-9-11-25-50-37)14-7-5-3-2-4-6-12-26-53-27-13-22-41(43,44)42(45,46)47/h17-18,28,31-32,34-38H,2-16,19-27H2,1H3/t31-,32+,34+,35+,36+,37-,38+,40+/m1/s1. The van der Waals surface area contributed by atoms with Crippen molar-refractivity contribution in [2.45, 2.75) is 172 Å². The van der Waals surface area contributed by atoms with Crippen molar-refractivity contribution in [3.8, 4) is 5.75 Å². The van der Waals surface area contributed by atoms with Crippen molar-refractivity contribution in [3.05, 3.63) is 29.3 Å². The van der Waals surface area contributed by atoms with Crippen LogP contribution in [0.1, 0.15) is 157 Å². The number of halogens is 5. The molecule has 8 atom stereocenters. The van der Waals surface area contributed by atoms with Gasteiger partial charge in [-0.1, -0.05) is 51.5 Å². The molecule has 0 spiro atoms. The van der Waals surface area contributed by atoms with E-state index in [1.165, 1.54) is 17.3 Å². The van der Waals surface area contributed by atoms with Gasteiger partial charge in [0, 0.05) is 30.9 Å². The number of hydrogen-bond acceptors (Lipinski definition) is 6. The Morgan fingerprint density at radius 1 is 0.811 bits per heavy atom. The molecule has 2 heterocycles. The van der Waals surface area contributed by atoms with E-state index in [4.69, 9.17) is 18.9 Å². The molecule has 300 valence electrons. The first-order valence-electron chi connectivity index (χ1n) is 20.7. The molecule has 0 unspecified atom stereocenters. The van der Waals surface area contributed by atoms with Crippen LogP contribution in [0.3, 0.4) is 0 Å². The van der Waals surface area contributed by atoms with Crippen LogP contribution in [0.15, 0.2) is 18.2 Å². The molecule has 5 nitrogen and oxygen atoms in total. The summed E-state index contributed by atoms with van der Waals surface area (Å²) >= 11 is 1.46. The van der Waals surface area contributed by atoms with Crippen molar-refractivity contribution in [1.82, 2.24) is 0 Å². The fourth-order valence-electron chi connectivity index (χ4n) is 10.2. The quantitative estimate of drug-likeness (QED) is 0.109. The summed E-state index contributed by atoms with van der Waals surface area (Å²) in [5, 5.41) is 0. The second kappa shape index (κ2) is 18.7. The first-order valence-corrected chi connectivity index (χ1v) is 21.9. The number of hydrogen-bond donors (Lipinski definition) is 0. The summed E-state index contributed by atoms with van der Waals surface area (Å²) < 4.78 is 87.9. The number of fused-ring (bicyclic) bond motifs is 5. The maximum absolute atomic E-state index is 14.6. The normalized spacial score (nSPS) is 31.9. The second-order valence-corrected chi connectivity index (χ2v) is 17.9. The van der Waals surface area contributed by atoms with Crippen LogP contribution in [0.25, 0.3) is 0 Å². The molecule has 2 aliphatic heterocycles. The summed E-state index contributed by atoms with van der Waals surface area (Å²) in [6, 6.07) is 6.23. The summed E-state index contributed by atoms with van der Waals surface area (Å²) in [5.74, 6) is -1.41. The van der Waals surface area contributed by atoms with Gasteiger partial charge in [0.1, 0.15) is 5.75 Å². The van der Waals surface area contributed by atoms with E-state index in [2.05, 4.69) is 19.1 Å². The van der Waals surface area contributed by atoms with Gasteiger partial charge >= 0.3 is 12.1 Å². The van der Waals surface area contributed by atoms with Crippen LogP contribution < -0.4 is 4.74 Å². The lowest BCUT2D eigenvalue weighted by Crippen LogP contribution is -2.50. The third-order valence-corrected chi connectivity index (χ3v) is 14.2. The van der Waals surface area contributed by atoms with E-state index in [-0.39, 0.29) is 42.2 Å². The summed E-state index contributed by atoms with van der Waals surface area (Å²) in [6.07, 6.45) is 11.8. The molecule has 1 aromatic rings. The molecule has 2 saturated heterocycles. The molecule has 3 aliphatic carbocycles. The summed E-state index contributed by atoms with van der Waals surface area (Å²) in [4.78, 5) is 14.6. The van der Waals surface area contributed by atoms with Crippen molar-refractivity contribution < 1.29 is 45.7 Å². The molecule has 2 saturated carbocycles. The van der Waals surface area contributed by atoms with Crippen LogP contribution in [-0.2, 0) is 14.2 Å². The highest BCUT2D eigenvalue weighted by Crippen LogP contribution is 2.63. The van der Waals surface area contributed by atoms with Crippen LogP contribution in [0, 0.1) is 23.2 Å². The minimum Gasteiger partial charge on any atom is -0.465 e. The minimum absolute atomic E-state index is 0.0175. The van der Waals surface area contributed by atoms with Gasteiger partial charge < -0.3 is 18.9 Å². The first kappa shape index (κ1) is 41.2. The summed E-state index contributed by atoms with van der Waals surface area (Å²) in [7, 11) is 0. The summed E-state index contributed by atoms with van der Waals surface area (Å²) in [6.45, 7) is 3.91. The number of thioether (sulfide) groups is 1. The van der Waals surface area contributed by atoms with Crippen molar-refractivity contribution in [2.75, 3.05) is 24.7 Å². The van der Waals surface area contributed by atoms with Crippen LogP contribution in [0.5, 0.6) is 5.75 Å². The van der Waals surface area contributed by atoms with E-state index >= 15 is 0 Å². The molecule has 1 aromatic carbocycles. The molecular formula is C42H61F5O5S. The van der Waals surface area contributed by atoms with E-state index in [1.54, 1.807) is 0 Å². The van der Waals surface area contributed by atoms with Crippen LogP contribution in [0.2, 0.25) is 0 Å². The SMILES string of the molecule is C[C@]12CC[C@@H]3c4ccc(O[C@H]5CCCCO5)cc4C(=O)[C@@H](CCCCCCCCCSCCCC(F)(F)C(F)(F)F)[C@H]3[C@@H]1CC[C@@H]2O[C@@H]1CCCCO1. The van der Waals surface area contributed by atoms with Crippen LogP contribution in [0.4, 0.5) is 22.0 Å². The number of carbonyl (C=O) groups excluding carboxylic acids is 1. The van der Waals surface area contributed by atoms with Crippen molar-refractivity contribution in [3.63, 3.8) is 0 Å². The molecule has 11 heteroatoms. The molecule has 0 amide bonds. The lowest BCUT2D eigenvalue weighted by molar-refractivity contribution is -0.284. The number of carbonyl (C=O) groups is 1. The van der Waals surface area contributed by atoms with E-state index < -0.39 is 18.5 Å². The zero-order valence-corrected chi connectivity index (χ0v) is 32.4. The molecule has 53 heavy (non-hydrogen) atoms. The maximum Gasteiger partial charge on any atom is 0.453 e. The number of Topliss-reactive ketones (excluding diaryl/α,β-unsaturated/α-hetero) is 1. The average molecular weight is 773 g/mol. The van der Waals surface area contributed by atoms with E-state index in [1.807, 2.05) is 6.07 Å². The second-order valence-electron chi connectivity index (χ2n) is 16.6. The van der Waals surface area contributed by atoms with Crippen molar-refractivity contribution in [1.29, 1.82) is 0 Å². The number of unbranched alkanes of at least 4 members (excludes halogenated alkanes) is 6. The van der Waals surface area contributed by atoms with Gasteiger partial charge in [0.05, 0.1) is 12.7 Å². The Morgan fingerprint density at radius 2 is 1.49 bits per heavy atom. The smallest absolute Gasteiger partial charge is 0.453 e. The molecule has 0 N–H and O–H groups in total. The minimum atomic E-state index is -5.46. The van der Waals surface area contributed by atoms with Crippen LogP contribution >= 0.6 is 11.8 Å². The lowest BCUT2D eigenvalue weighted by atomic mass is 9.51. The summed E-state index contributed by atoms with van der Waals surface area (Å²) in [5.41, 5.74) is 2.08. The topological polar surface area (TPSA) is 54.0 Å². The Kier molecular flexibility index (Phi) is 14.5. The molecular weight excluding hydrogens is 712 g/mol. The highest BCUT2D eigenvalue weighted by Gasteiger charge is 2.59. The monoisotopic (exact) mass is 772 g/mol. The van der Waals surface area contributed by atoms with E-state index in [0.29, 0.717) is 30.1 Å². The average Bonchev–Trinajstić information content (AvgIpc) is 3.47. The van der Waals surface area contributed by atoms with Gasteiger partial charge in [0.2, 0.25) is 0 Å². The Bertz CT molecular complexity index is 1320. The number of ether oxygens (including phenoxy) is 4. The van der Waals surface area contributed by atoms with Crippen molar-refractivity contribution in [2.24, 2.45) is 23.2 Å². The largest absolute Gasteiger partial charge is 0.465 e. The van der Waals surface area contributed by atoms with E-state index in [9.17, 15) is 26.7 Å². The van der Waals surface area contributed by atoms with Gasteiger partial charge in [-0.2, -0.15) is 33.7 Å². The molecule has 5 aliphatic rings. The number of alkyl halides is 5. The molecule has 0 radical (unpaired) electrons. The fraction of sp³-hybridized carbons (Fsp3) is 0.833. The predicted molar refractivity (Wildman–Crippen MR) is 198 cm³/mol. The van der Waals surface area contributed by atoms with Crippen LogP contribution in [-0.4, -0.2) is 61.3 Å². The zero-order valence-electron chi connectivity index (χ0n) is 31.6. The highest BCUT2D eigenvalue weighted by molar-refractivity contribution is 7.99. The van der Waals surface area contributed by atoms with Gasteiger partial charge in [-0.3, -0.25) is 4.79 Å². The predicted octanol–water partition coefficient (Wildman–Crippen LogP) is 12.1. The first-order chi connectivity index (χ1) is 25.5. The Hall–Kier alpha value is -1.43. The molecule has 0 bridgehead atoms. The van der Waals surface area contributed by atoms with Gasteiger partial charge in [0.15, 0.2) is 18.4 Å². The lowest BCUT2D eigenvalue weighted by Gasteiger charge is -2.53. The Balaban J connectivity index is 1.01. The molecule has 0 aromatic heterocycles. The van der Waals surface area contributed by atoms with Gasteiger partial charge in [-0.15, -0.1) is 0 Å². The molecule has 4 fully saturated rings. The van der Waals surface area contributed by atoms with Crippen molar-refractivity contribution >= 4 is 17.5 Å². The molecule has 6 rings (SSSR count). The Labute approximate surface area is 317 Å². The third-order valence-electron chi connectivity index (χ3n) is 13.1.